The molecule has 0 aromatic rings. The first-order valence-electron chi connectivity index (χ1n) is 20.7. The monoisotopic (exact) mass is 844 g/mol. The van der Waals surface area contributed by atoms with Crippen LogP contribution in [0, 0.1) is 0 Å². The van der Waals surface area contributed by atoms with Crippen molar-refractivity contribution in [3.05, 3.63) is 0 Å². The van der Waals surface area contributed by atoms with Crippen LogP contribution >= 0.6 is 0 Å². The lowest BCUT2D eigenvalue weighted by atomic mass is 10.1. The van der Waals surface area contributed by atoms with Gasteiger partial charge in [-0.05, 0) is 110 Å². The van der Waals surface area contributed by atoms with Crippen molar-refractivity contribution < 1.29 is 34.8 Å². The van der Waals surface area contributed by atoms with Gasteiger partial charge < -0.3 is 39.7 Å². The van der Waals surface area contributed by atoms with Gasteiger partial charge in [-0.25, -0.2) is 0 Å². The van der Waals surface area contributed by atoms with E-state index in [1.54, 1.807) is 42.7 Å². The van der Waals surface area contributed by atoms with Crippen LogP contribution < -0.4 is 0 Å². The van der Waals surface area contributed by atoms with Gasteiger partial charge in [0.2, 0.25) is 0 Å². The summed E-state index contributed by atoms with van der Waals surface area (Å²) in [5.41, 5.74) is 0. The van der Waals surface area contributed by atoms with Crippen LogP contribution in [0.1, 0.15) is 104 Å². The first-order chi connectivity index (χ1) is 24.3. The van der Waals surface area contributed by atoms with E-state index in [0.29, 0.717) is 0 Å². The Hall–Kier alpha value is 0.941. The molecule has 0 saturated carbocycles. The topological polar surface area (TPSA) is 77.1 Å². The van der Waals surface area contributed by atoms with Crippen LogP contribution in [0.2, 0.25) is 74.8 Å². The maximum absolute atomic E-state index is 7.26. The summed E-state index contributed by atoms with van der Waals surface area (Å²) in [5.74, 6) is 0. The van der Waals surface area contributed by atoms with Gasteiger partial charge in [0.25, 0.3) is 0 Å². The highest BCUT2D eigenvalue weighted by molar-refractivity contribution is 6.94. The quantitative estimate of drug-likeness (QED) is 0.0465. The minimum atomic E-state index is -2.85. The lowest BCUT2D eigenvalue weighted by Crippen LogP contribution is -2.60. The molecule has 0 heterocycles. The summed E-state index contributed by atoms with van der Waals surface area (Å²) < 4.78 is 51.0. The highest BCUT2D eigenvalue weighted by atomic mass is 28.5. The van der Waals surface area contributed by atoms with Crippen molar-refractivity contribution in [2.24, 2.45) is 0 Å². The number of unbranched alkanes of at least 4 members (excludes halogenated alkanes) is 8. The minimum Gasteiger partial charge on any atom is -0.455 e. The van der Waals surface area contributed by atoms with Gasteiger partial charge in [-0.1, -0.05) is 78.1 Å². The van der Waals surface area contributed by atoms with E-state index >= 15 is 0 Å². The Labute approximate surface area is 330 Å². The predicted octanol–water partition coefficient (Wildman–Crippen LogP) is 10.8. The number of hydrogen-bond acceptors (Lipinski definition) is 9. The average molecular weight is 845 g/mol. The zero-order chi connectivity index (χ0) is 40.1. The standard InChI is InChI=1S/C37H89NO8Si6/c1-18-20-22-24-26-30-36(51(39-4,40-5)41-6)49(14,15)45-47(10,11)34-28-32-38(3)33-29-35-48(12,13)46-50(16,17)37(31-27-25-23-21-19-2)52(42-7,43-8)44-9/h36-37H,18-35H2,1-17H3. The molecule has 0 aromatic heterocycles. The van der Waals surface area contributed by atoms with Gasteiger partial charge >= 0.3 is 17.6 Å². The molecule has 2 atom stereocenters. The lowest BCUT2D eigenvalue weighted by molar-refractivity contribution is 0.115. The molecule has 0 rings (SSSR count). The smallest absolute Gasteiger partial charge is 0.455 e. The van der Waals surface area contributed by atoms with Crippen molar-refractivity contribution in [3.63, 3.8) is 0 Å². The molecule has 0 aliphatic rings. The molecular weight excluding hydrogens is 755 g/mol. The maximum Gasteiger partial charge on any atom is 0.502 e. The summed E-state index contributed by atoms with van der Waals surface area (Å²) in [5, 5.41) is 0.439. The number of hydrogen-bond donors (Lipinski definition) is 0. The molecule has 0 N–H and O–H groups in total. The van der Waals surface area contributed by atoms with Gasteiger partial charge in [0.1, 0.15) is 0 Å². The molecule has 0 amide bonds. The summed E-state index contributed by atoms with van der Waals surface area (Å²) in [6.45, 7) is 25.8. The molecule has 0 saturated heterocycles. The lowest BCUT2D eigenvalue weighted by Gasteiger charge is -2.44. The zero-order valence-corrected chi connectivity index (χ0v) is 43.6. The number of rotatable bonds is 34. The van der Waals surface area contributed by atoms with Crippen LogP contribution in [0.4, 0.5) is 0 Å². The Balaban J connectivity index is 5.31. The molecule has 0 fully saturated rings. The predicted molar refractivity (Wildman–Crippen MR) is 236 cm³/mol. The van der Waals surface area contributed by atoms with Crippen LogP contribution in [0.15, 0.2) is 0 Å². The van der Waals surface area contributed by atoms with Gasteiger partial charge in [0.15, 0.2) is 33.3 Å². The first kappa shape index (κ1) is 52.9. The van der Waals surface area contributed by atoms with Crippen LogP contribution in [0.5, 0.6) is 0 Å². The Kier molecular flexibility index (Phi) is 26.5. The van der Waals surface area contributed by atoms with Gasteiger partial charge in [-0.3, -0.25) is 0 Å². The molecule has 0 bridgehead atoms. The largest absolute Gasteiger partial charge is 0.502 e. The molecule has 314 valence electrons. The molecule has 0 aliphatic heterocycles. The highest BCUT2D eigenvalue weighted by Crippen LogP contribution is 2.42. The van der Waals surface area contributed by atoms with Crippen molar-refractivity contribution in [3.8, 4) is 0 Å². The molecule has 0 radical (unpaired) electrons. The summed E-state index contributed by atoms with van der Waals surface area (Å²) >= 11 is 0. The van der Waals surface area contributed by atoms with Crippen LogP contribution in [0.25, 0.3) is 0 Å². The zero-order valence-electron chi connectivity index (χ0n) is 37.6. The number of nitrogens with zero attached hydrogens (tertiary/aromatic N) is 1. The second-order valence-electron chi connectivity index (χ2n) is 17.4. The van der Waals surface area contributed by atoms with E-state index in [1.165, 1.54) is 64.2 Å². The Morgan fingerprint density at radius 1 is 0.423 bits per heavy atom. The Morgan fingerprint density at radius 3 is 0.981 bits per heavy atom. The van der Waals surface area contributed by atoms with Gasteiger partial charge in [0.05, 0.1) is 0 Å². The third kappa shape index (κ3) is 18.5. The van der Waals surface area contributed by atoms with E-state index in [2.05, 4.69) is 78.2 Å². The van der Waals surface area contributed by atoms with Crippen molar-refractivity contribution in [1.82, 2.24) is 4.90 Å². The van der Waals surface area contributed by atoms with Crippen LogP contribution in [0.3, 0.4) is 0 Å². The normalized spacial score (nSPS) is 15.1. The third-order valence-electron chi connectivity index (χ3n) is 11.1. The molecule has 0 aromatic carbocycles. The van der Waals surface area contributed by atoms with E-state index in [0.717, 1.165) is 50.9 Å². The van der Waals surface area contributed by atoms with Crippen molar-refractivity contribution >= 4 is 50.9 Å². The molecule has 2 unspecified atom stereocenters. The van der Waals surface area contributed by atoms with E-state index in [1.807, 2.05) is 0 Å². The molecule has 0 aliphatic carbocycles. The fourth-order valence-corrected chi connectivity index (χ4v) is 39.5. The summed E-state index contributed by atoms with van der Waals surface area (Å²) in [6, 6.07) is 2.29. The van der Waals surface area contributed by atoms with Gasteiger partial charge in [-0.15, -0.1) is 0 Å². The average Bonchev–Trinajstić information content (AvgIpc) is 3.06. The molecule has 52 heavy (non-hydrogen) atoms. The Bertz CT molecular complexity index is 823. The van der Waals surface area contributed by atoms with Crippen molar-refractivity contribution in [1.29, 1.82) is 0 Å². The molecule has 0 spiro atoms. The molecule has 15 heteroatoms. The summed E-state index contributed by atoms with van der Waals surface area (Å²) in [4.78, 5) is 2.51. The summed E-state index contributed by atoms with van der Waals surface area (Å²) in [7, 11) is -1.15. The SMILES string of the molecule is CCCCCCCC([Si](C)(C)O[Si](C)(C)CCCN(C)CCC[Si](C)(C)O[Si](C)(C)C(CCCCCCC)[Si](OC)(OC)OC)[Si](OC)(OC)OC. The van der Waals surface area contributed by atoms with E-state index < -0.39 is 50.9 Å². The van der Waals surface area contributed by atoms with Crippen LogP contribution in [-0.4, -0.2) is 119 Å². The highest BCUT2D eigenvalue weighted by Gasteiger charge is 2.58. The van der Waals surface area contributed by atoms with Crippen molar-refractivity contribution in [2.45, 2.75) is 179 Å². The van der Waals surface area contributed by atoms with E-state index in [9.17, 15) is 0 Å². The first-order valence-corrected chi connectivity index (χ1v) is 36.5. The fourth-order valence-electron chi connectivity index (χ4n) is 8.49. The van der Waals surface area contributed by atoms with Gasteiger partial charge in [-0.2, -0.15) is 0 Å². The second kappa shape index (κ2) is 26.0. The van der Waals surface area contributed by atoms with Gasteiger partial charge in [0, 0.05) is 53.0 Å². The van der Waals surface area contributed by atoms with E-state index in [-0.39, 0.29) is 10.3 Å². The van der Waals surface area contributed by atoms with E-state index in [4.69, 9.17) is 34.8 Å². The van der Waals surface area contributed by atoms with Crippen LogP contribution in [-0.2, 0) is 34.8 Å². The third-order valence-corrected chi connectivity index (χ3v) is 38.8. The summed E-state index contributed by atoms with van der Waals surface area (Å²) in [6.07, 6.45) is 16.9. The Morgan fingerprint density at radius 2 is 0.712 bits per heavy atom. The maximum atomic E-state index is 7.26. The molecular formula is C37H89NO8Si6. The second-order valence-corrected chi connectivity index (χ2v) is 42.3. The minimum absolute atomic E-state index is 0.220. The molecule has 9 nitrogen and oxygen atoms in total. The van der Waals surface area contributed by atoms with Crippen molar-refractivity contribution in [2.75, 3.05) is 62.8 Å². The fraction of sp³-hybridized carbons (Fsp3) is 1.00.